The Bertz CT molecular complexity index is 466. The molecule has 0 aliphatic carbocycles. The van der Waals surface area contributed by atoms with Crippen molar-refractivity contribution in [3.63, 3.8) is 0 Å². The van der Waals surface area contributed by atoms with Crippen molar-refractivity contribution in [2.75, 3.05) is 6.61 Å². The summed E-state index contributed by atoms with van der Waals surface area (Å²) in [5.74, 6) is 1.18. The van der Waals surface area contributed by atoms with Gasteiger partial charge in [0, 0.05) is 0 Å². The Morgan fingerprint density at radius 3 is 2.13 bits per heavy atom. The van der Waals surface area contributed by atoms with Crippen LogP contribution in [0.25, 0.3) is 0 Å². The molecular weight excluding hydrogens is 284 g/mol. The zero-order valence-electron chi connectivity index (χ0n) is 15.8. The Hall–Kier alpha value is -1.31. The Morgan fingerprint density at radius 2 is 1.61 bits per heavy atom. The van der Waals surface area contributed by atoms with Gasteiger partial charge in [0.15, 0.2) is 0 Å². The highest BCUT2D eigenvalue weighted by Gasteiger charge is 2.15. The molecule has 0 bridgehead atoms. The molecule has 0 aliphatic heterocycles. The standard InChI is InChI=1S/C21H34O2/c1-16(2)8-7-9-17(3)14-15-23-20(22)18-10-12-19(13-11-18)21(4,5)6/h10-13,16-17H,7-9,14-15H2,1-6H3. The Labute approximate surface area is 142 Å². The number of carbonyl (C=O) groups excluding carboxylic acids is 1. The average Bonchev–Trinajstić information content (AvgIpc) is 2.46. The van der Waals surface area contributed by atoms with Crippen LogP contribution in [0.3, 0.4) is 0 Å². The lowest BCUT2D eigenvalue weighted by atomic mass is 9.87. The van der Waals surface area contributed by atoms with E-state index in [1.165, 1.54) is 24.8 Å². The van der Waals surface area contributed by atoms with Crippen LogP contribution in [0.1, 0.15) is 83.1 Å². The minimum absolute atomic E-state index is 0.105. The Balaban J connectivity index is 2.34. The van der Waals surface area contributed by atoms with Gasteiger partial charge in [-0.1, -0.05) is 72.9 Å². The molecule has 1 aromatic rings. The van der Waals surface area contributed by atoms with E-state index >= 15 is 0 Å². The van der Waals surface area contributed by atoms with Crippen molar-refractivity contribution in [3.8, 4) is 0 Å². The Morgan fingerprint density at radius 1 is 1.00 bits per heavy atom. The summed E-state index contributed by atoms with van der Waals surface area (Å²) in [5, 5.41) is 0. The van der Waals surface area contributed by atoms with Gasteiger partial charge in [-0.05, 0) is 41.4 Å². The lowest BCUT2D eigenvalue weighted by molar-refractivity contribution is 0.0483. The molecule has 0 fully saturated rings. The van der Waals surface area contributed by atoms with Gasteiger partial charge in [0.1, 0.15) is 0 Å². The molecule has 0 N–H and O–H groups in total. The first kappa shape index (κ1) is 19.7. The van der Waals surface area contributed by atoms with Gasteiger partial charge in [-0.2, -0.15) is 0 Å². The fourth-order valence-corrected chi connectivity index (χ4v) is 2.56. The molecule has 0 heterocycles. The van der Waals surface area contributed by atoms with Crippen LogP contribution in [0.5, 0.6) is 0 Å². The molecule has 1 unspecified atom stereocenters. The van der Waals surface area contributed by atoms with E-state index in [0.717, 1.165) is 12.3 Å². The van der Waals surface area contributed by atoms with Crippen LogP contribution in [0, 0.1) is 11.8 Å². The number of hydrogen-bond acceptors (Lipinski definition) is 2. The van der Waals surface area contributed by atoms with Gasteiger partial charge in [-0.15, -0.1) is 0 Å². The number of benzene rings is 1. The van der Waals surface area contributed by atoms with Crippen molar-refractivity contribution in [1.29, 1.82) is 0 Å². The summed E-state index contributed by atoms with van der Waals surface area (Å²) in [6, 6.07) is 7.78. The van der Waals surface area contributed by atoms with Gasteiger partial charge in [-0.3, -0.25) is 0 Å². The van der Waals surface area contributed by atoms with Crippen molar-refractivity contribution in [1.82, 2.24) is 0 Å². The van der Waals surface area contributed by atoms with E-state index in [9.17, 15) is 4.79 Å². The van der Waals surface area contributed by atoms with Gasteiger partial charge in [0.2, 0.25) is 0 Å². The maximum Gasteiger partial charge on any atom is 0.338 e. The van der Waals surface area contributed by atoms with E-state index in [1.54, 1.807) is 0 Å². The molecule has 0 aliphatic rings. The second-order valence-electron chi connectivity index (χ2n) is 8.18. The highest BCUT2D eigenvalue weighted by molar-refractivity contribution is 5.89. The predicted molar refractivity (Wildman–Crippen MR) is 97.9 cm³/mol. The first-order valence-electron chi connectivity index (χ1n) is 8.98. The minimum Gasteiger partial charge on any atom is -0.462 e. The van der Waals surface area contributed by atoms with E-state index in [1.807, 2.05) is 24.3 Å². The van der Waals surface area contributed by atoms with Crippen LogP contribution in [0.15, 0.2) is 24.3 Å². The molecule has 1 atom stereocenters. The van der Waals surface area contributed by atoms with Crippen LogP contribution < -0.4 is 0 Å². The van der Waals surface area contributed by atoms with E-state index in [-0.39, 0.29) is 11.4 Å². The number of ether oxygens (including phenoxy) is 1. The topological polar surface area (TPSA) is 26.3 Å². The molecule has 0 saturated heterocycles. The average molecular weight is 319 g/mol. The molecule has 0 saturated carbocycles. The largest absolute Gasteiger partial charge is 0.462 e. The number of carbonyl (C=O) groups is 1. The van der Waals surface area contributed by atoms with Crippen molar-refractivity contribution < 1.29 is 9.53 Å². The van der Waals surface area contributed by atoms with Gasteiger partial charge in [0.25, 0.3) is 0 Å². The summed E-state index contributed by atoms with van der Waals surface area (Å²) in [6.45, 7) is 13.8. The number of esters is 1. The van der Waals surface area contributed by atoms with E-state index in [0.29, 0.717) is 18.1 Å². The fourth-order valence-electron chi connectivity index (χ4n) is 2.56. The minimum atomic E-state index is -0.208. The van der Waals surface area contributed by atoms with Crippen LogP contribution >= 0.6 is 0 Å². The van der Waals surface area contributed by atoms with Crippen molar-refractivity contribution in [3.05, 3.63) is 35.4 Å². The van der Waals surface area contributed by atoms with Crippen LogP contribution in [0.4, 0.5) is 0 Å². The highest BCUT2D eigenvalue weighted by Crippen LogP contribution is 2.22. The zero-order chi connectivity index (χ0) is 17.5. The van der Waals surface area contributed by atoms with E-state index in [2.05, 4.69) is 41.5 Å². The molecule has 1 rings (SSSR count). The van der Waals surface area contributed by atoms with Crippen LogP contribution in [-0.2, 0) is 10.2 Å². The molecule has 23 heavy (non-hydrogen) atoms. The summed E-state index contributed by atoms with van der Waals surface area (Å²) in [5.41, 5.74) is 1.98. The zero-order valence-corrected chi connectivity index (χ0v) is 15.8. The predicted octanol–water partition coefficient (Wildman–Crippen LogP) is 5.99. The van der Waals surface area contributed by atoms with Crippen molar-refractivity contribution >= 4 is 5.97 Å². The van der Waals surface area contributed by atoms with Gasteiger partial charge in [-0.25, -0.2) is 4.79 Å². The number of rotatable bonds is 8. The summed E-state index contributed by atoms with van der Waals surface area (Å²) >= 11 is 0. The van der Waals surface area contributed by atoms with Crippen LogP contribution in [-0.4, -0.2) is 12.6 Å². The van der Waals surface area contributed by atoms with Crippen molar-refractivity contribution in [2.45, 2.75) is 72.6 Å². The summed E-state index contributed by atoms with van der Waals surface area (Å²) in [6.07, 6.45) is 4.71. The molecule has 0 aromatic heterocycles. The summed E-state index contributed by atoms with van der Waals surface area (Å²) in [7, 11) is 0. The van der Waals surface area contributed by atoms with Gasteiger partial charge in [0.05, 0.1) is 12.2 Å². The molecule has 2 nitrogen and oxygen atoms in total. The second-order valence-corrected chi connectivity index (χ2v) is 8.18. The second kappa shape index (κ2) is 9.10. The normalized spacial score (nSPS) is 13.2. The molecule has 1 aromatic carbocycles. The third-order valence-corrected chi connectivity index (χ3v) is 4.31. The third-order valence-electron chi connectivity index (χ3n) is 4.31. The van der Waals surface area contributed by atoms with Crippen LogP contribution in [0.2, 0.25) is 0 Å². The molecular formula is C21H34O2. The molecule has 130 valence electrons. The summed E-state index contributed by atoms with van der Waals surface area (Å²) < 4.78 is 5.41. The maximum atomic E-state index is 12.1. The first-order chi connectivity index (χ1) is 10.7. The lowest BCUT2D eigenvalue weighted by Crippen LogP contribution is -2.12. The number of hydrogen-bond donors (Lipinski definition) is 0. The quantitative estimate of drug-likeness (QED) is 0.550. The third kappa shape index (κ3) is 7.67. The molecule has 0 amide bonds. The molecule has 0 spiro atoms. The van der Waals surface area contributed by atoms with Gasteiger partial charge >= 0.3 is 5.97 Å². The van der Waals surface area contributed by atoms with E-state index < -0.39 is 0 Å². The molecule has 0 radical (unpaired) electrons. The first-order valence-corrected chi connectivity index (χ1v) is 8.98. The highest BCUT2D eigenvalue weighted by atomic mass is 16.5. The maximum absolute atomic E-state index is 12.1. The SMILES string of the molecule is CC(C)CCCC(C)CCOC(=O)c1ccc(C(C)(C)C)cc1. The summed E-state index contributed by atoms with van der Waals surface area (Å²) in [4.78, 5) is 12.1. The lowest BCUT2D eigenvalue weighted by Gasteiger charge is -2.19. The monoisotopic (exact) mass is 318 g/mol. The smallest absolute Gasteiger partial charge is 0.338 e. The van der Waals surface area contributed by atoms with E-state index in [4.69, 9.17) is 4.74 Å². The fraction of sp³-hybridized carbons (Fsp3) is 0.667. The van der Waals surface area contributed by atoms with Gasteiger partial charge < -0.3 is 4.74 Å². The molecule has 2 heteroatoms. The van der Waals surface area contributed by atoms with Crippen molar-refractivity contribution in [2.24, 2.45) is 11.8 Å². The Kier molecular flexibility index (Phi) is 7.81.